The monoisotopic (exact) mass is 330 g/mol. The van der Waals surface area contributed by atoms with Crippen molar-refractivity contribution in [3.05, 3.63) is 35.8 Å². The molecular formula is C18H26N4O2. The van der Waals surface area contributed by atoms with Gasteiger partial charge in [-0.2, -0.15) is 0 Å². The summed E-state index contributed by atoms with van der Waals surface area (Å²) in [6, 6.07) is 4.44. The van der Waals surface area contributed by atoms with Gasteiger partial charge in [-0.25, -0.2) is 4.98 Å². The van der Waals surface area contributed by atoms with E-state index in [0.29, 0.717) is 19.0 Å². The molecule has 1 aliphatic rings. The number of aryl methyl sites for hydroxylation is 1. The Morgan fingerprint density at radius 1 is 1.33 bits per heavy atom. The van der Waals surface area contributed by atoms with Gasteiger partial charge in [0.2, 0.25) is 5.91 Å². The molecule has 0 unspecified atom stereocenters. The third-order valence-electron chi connectivity index (χ3n) is 4.57. The molecule has 3 heterocycles. The van der Waals surface area contributed by atoms with Crippen molar-refractivity contribution in [1.82, 2.24) is 19.6 Å². The Morgan fingerprint density at radius 2 is 2.12 bits per heavy atom. The zero-order valence-electron chi connectivity index (χ0n) is 14.5. The number of hydrogen-bond acceptors (Lipinski definition) is 4. The van der Waals surface area contributed by atoms with E-state index in [2.05, 4.69) is 29.0 Å². The number of hydrogen-bond donors (Lipinski definition) is 1. The van der Waals surface area contributed by atoms with Crippen LogP contribution in [0.3, 0.4) is 0 Å². The van der Waals surface area contributed by atoms with Gasteiger partial charge in [0.05, 0.1) is 25.5 Å². The molecule has 1 atom stereocenters. The number of aromatic nitrogens is 2. The molecule has 1 saturated heterocycles. The first-order valence-corrected chi connectivity index (χ1v) is 8.64. The lowest BCUT2D eigenvalue weighted by molar-refractivity contribution is -0.121. The van der Waals surface area contributed by atoms with Crippen LogP contribution in [-0.4, -0.2) is 52.5 Å². The summed E-state index contributed by atoms with van der Waals surface area (Å²) in [6.45, 7) is 8.23. The number of carbonyl (C=O) groups is 1. The number of nitrogens with zero attached hydrogens (tertiary/aromatic N) is 3. The normalized spacial score (nSPS) is 17.1. The molecule has 130 valence electrons. The minimum atomic E-state index is 0.0864. The van der Waals surface area contributed by atoms with E-state index >= 15 is 0 Å². The Bertz CT molecular complexity index is 691. The quantitative estimate of drug-likeness (QED) is 0.877. The lowest BCUT2D eigenvalue weighted by Crippen LogP contribution is -2.42. The number of imidazole rings is 1. The van der Waals surface area contributed by atoms with Gasteiger partial charge in [0, 0.05) is 37.9 Å². The van der Waals surface area contributed by atoms with Crippen LogP contribution in [0.1, 0.15) is 31.0 Å². The number of fused-ring (bicyclic) bond motifs is 1. The van der Waals surface area contributed by atoms with Crippen molar-refractivity contribution in [2.45, 2.75) is 39.3 Å². The van der Waals surface area contributed by atoms with E-state index in [-0.39, 0.29) is 5.91 Å². The standard InChI is InChI=1S/C18H26N4O2/c1-14-3-5-17-20-16(13-22(17)12-14)11-19-18(23)6-4-15(2)21-7-9-24-10-8-21/h3,5,12-13,15H,4,6-11H2,1-2H3,(H,19,23)/t15-/m1/s1. The number of rotatable bonds is 6. The van der Waals surface area contributed by atoms with Crippen molar-refractivity contribution in [1.29, 1.82) is 0 Å². The van der Waals surface area contributed by atoms with Gasteiger partial charge in [-0.3, -0.25) is 9.69 Å². The summed E-state index contributed by atoms with van der Waals surface area (Å²) >= 11 is 0. The van der Waals surface area contributed by atoms with Gasteiger partial charge in [-0.05, 0) is 31.9 Å². The molecule has 2 aromatic rings. The SMILES string of the molecule is Cc1ccc2nc(CNC(=O)CC[C@@H](C)N3CCOCC3)cn2c1. The average molecular weight is 330 g/mol. The summed E-state index contributed by atoms with van der Waals surface area (Å²) in [4.78, 5) is 19.0. The van der Waals surface area contributed by atoms with Crippen molar-refractivity contribution in [3.8, 4) is 0 Å². The number of ether oxygens (including phenoxy) is 1. The van der Waals surface area contributed by atoms with Gasteiger partial charge in [-0.1, -0.05) is 6.07 Å². The number of amides is 1. The van der Waals surface area contributed by atoms with Crippen molar-refractivity contribution in [2.75, 3.05) is 26.3 Å². The molecule has 2 aromatic heterocycles. The predicted octanol–water partition coefficient (Wildman–Crippen LogP) is 1.76. The molecule has 1 N–H and O–H groups in total. The zero-order valence-corrected chi connectivity index (χ0v) is 14.5. The second-order valence-corrected chi connectivity index (χ2v) is 6.52. The minimum Gasteiger partial charge on any atom is -0.379 e. The van der Waals surface area contributed by atoms with Crippen LogP contribution in [-0.2, 0) is 16.1 Å². The second kappa shape index (κ2) is 7.77. The maximum Gasteiger partial charge on any atom is 0.220 e. The van der Waals surface area contributed by atoms with E-state index < -0.39 is 0 Å². The third kappa shape index (κ3) is 4.33. The second-order valence-electron chi connectivity index (χ2n) is 6.52. The lowest BCUT2D eigenvalue weighted by Gasteiger charge is -2.32. The fourth-order valence-corrected chi connectivity index (χ4v) is 3.06. The topological polar surface area (TPSA) is 58.9 Å². The third-order valence-corrected chi connectivity index (χ3v) is 4.57. The van der Waals surface area contributed by atoms with Crippen LogP contribution in [0.25, 0.3) is 5.65 Å². The highest BCUT2D eigenvalue weighted by Crippen LogP contribution is 2.10. The maximum atomic E-state index is 12.1. The number of carbonyl (C=O) groups excluding carboxylic acids is 1. The van der Waals surface area contributed by atoms with E-state index in [0.717, 1.165) is 44.1 Å². The molecule has 6 nitrogen and oxygen atoms in total. The lowest BCUT2D eigenvalue weighted by atomic mass is 10.1. The van der Waals surface area contributed by atoms with Gasteiger partial charge < -0.3 is 14.5 Å². The molecule has 0 aliphatic carbocycles. The molecule has 0 radical (unpaired) electrons. The molecule has 0 spiro atoms. The highest BCUT2D eigenvalue weighted by Gasteiger charge is 2.17. The van der Waals surface area contributed by atoms with E-state index in [1.54, 1.807) is 0 Å². The van der Waals surface area contributed by atoms with Crippen molar-refractivity contribution < 1.29 is 9.53 Å². The molecule has 0 bridgehead atoms. The molecule has 0 saturated carbocycles. The molecule has 0 aromatic carbocycles. The Morgan fingerprint density at radius 3 is 2.92 bits per heavy atom. The highest BCUT2D eigenvalue weighted by molar-refractivity contribution is 5.75. The summed E-state index contributed by atoms with van der Waals surface area (Å²) in [5, 5.41) is 2.97. The van der Waals surface area contributed by atoms with Gasteiger partial charge in [0.1, 0.15) is 5.65 Å². The largest absolute Gasteiger partial charge is 0.379 e. The Hall–Kier alpha value is -1.92. The summed E-state index contributed by atoms with van der Waals surface area (Å²) < 4.78 is 7.36. The van der Waals surface area contributed by atoms with E-state index in [9.17, 15) is 4.79 Å². The summed E-state index contributed by atoms with van der Waals surface area (Å²) in [5.41, 5.74) is 2.98. The Labute approximate surface area is 142 Å². The molecule has 6 heteroatoms. The summed E-state index contributed by atoms with van der Waals surface area (Å²) in [5.74, 6) is 0.0864. The summed E-state index contributed by atoms with van der Waals surface area (Å²) in [6.07, 6.45) is 5.43. The van der Waals surface area contributed by atoms with Crippen LogP contribution in [0, 0.1) is 6.92 Å². The molecule has 24 heavy (non-hydrogen) atoms. The Kier molecular flexibility index (Phi) is 5.48. The highest BCUT2D eigenvalue weighted by atomic mass is 16.5. The first-order valence-electron chi connectivity index (χ1n) is 8.64. The van der Waals surface area contributed by atoms with Crippen LogP contribution >= 0.6 is 0 Å². The first-order chi connectivity index (χ1) is 11.6. The van der Waals surface area contributed by atoms with Crippen LogP contribution in [0.5, 0.6) is 0 Å². The van der Waals surface area contributed by atoms with E-state index in [1.807, 2.05) is 28.9 Å². The number of pyridine rings is 1. The van der Waals surface area contributed by atoms with Crippen LogP contribution < -0.4 is 5.32 Å². The number of nitrogens with one attached hydrogen (secondary N) is 1. The van der Waals surface area contributed by atoms with Crippen LogP contribution in [0.2, 0.25) is 0 Å². The number of morpholine rings is 1. The molecule has 1 aliphatic heterocycles. The first kappa shape index (κ1) is 16.9. The summed E-state index contributed by atoms with van der Waals surface area (Å²) in [7, 11) is 0. The van der Waals surface area contributed by atoms with Gasteiger partial charge in [-0.15, -0.1) is 0 Å². The molecule has 1 fully saturated rings. The van der Waals surface area contributed by atoms with Crippen LogP contribution in [0.4, 0.5) is 0 Å². The van der Waals surface area contributed by atoms with Gasteiger partial charge >= 0.3 is 0 Å². The van der Waals surface area contributed by atoms with Gasteiger partial charge in [0.15, 0.2) is 0 Å². The molecule has 1 amide bonds. The smallest absolute Gasteiger partial charge is 0.220 e. The van der Waals surface area contributed by atoms with Crippen LogP contribution in [0.15, 0.2) is 24.5 Å². The molecular weight excluding hydrogens is 304 g/mol. The molecule has 3 rings (SSSR count). The van der Waals surface area contributed by atoms with Crippen molar-refractivity contribution in [3.63, 3.8) is 0 Å². The predicted molar refractivity (Wildman–Crippen MR) is 92.9 cm³/mol. The zero-order chi connectivity index (χ0) is 16.9. The fraction of sp³-hybridized carbons (Fsp3) is 0.556. The van der Waals surface area contributed by atoms with E-state index in [1.165, 1.54) is 5.56 Å². The van der Waals surface area contributed by atoms with E-state index in [4.69, 9.17) is 4.74 Å². The fourth-order valence-electron chi connectivity index (χ4n) is 3.06. The Balaban J connectivity index is 1.44. The van der Waals surface area contributed by atoms with Gasteiger partial charge in [0.25, 0.3) is 0 Å². The maximum absolute atomic E-state index is 12.1. The minimum absolute atomic E-state index is 0.0864. The van der Waals surface area contributed by atoms with Crippen molar-refractivity contribution in [2.24, 2.45) is 0 Å². The average Bonchev–Trinajstić information content (AvgIpc) is 3.00. The van der Waals surface area contributed by atoms with Crippen molar-refractivity contribution >= 4 is 11.6 Å².